The van der Waals surface area contributed by atoms with Gasteiger partial charge in [-0.25, -0.2) is 0 Å². The number of halogens is 2. The number of thioether (sulfide) groups is 1. The predicted molar refractivity (Wildman–Crippen MR) is 101 cm³/mol. The van der Waals surface area contributed by atoms with Gasteiger partial charge >= 0.3 is 0 Å². The van der Waals surface area contributed by atoms with Crippen molar-refractivity contribution in [2.75, 3.05) is 0 Å². The lowest BCUT2D eigenvalue weighted by Crippen LogP contribution is -2.15. The molecule has 0 bridgehead atoms. The van der Waals surface area contributed by atoms with Gasteiger partial charge in [0.15, 0.2) is 5.43 Å². The van der Waals surface area contributed by atoms with Gasteiger partial charge in [0, 0.05) is 25.7 Å². The molecule has 3 aromatic rings. The molecule has 0 amide bonds. The molecular weight excluding hydrogens is 385 g/mol. The smallest absolute Gasteiger partial charge is 0.193 e. The van der Waals surface area contributed by atoms with Gasteiger partial charge in [0.25, 0.3) is 0 Å². The number of oxime groups is 1. The summed E-state index contributed by atoms with van der Waals surface area (Å²) < 4.78 is 1.66. The molecule has 0 unspecified atom stereocenters. The van der Waals surface area contributed by atoms with Crippen molar-refractivity contribution >= 4 is 61.4 Å². The Morgan fingerprint density at radius 3 is 2.46 bits per heavy atom. The van der Waals surface area contributed by atoms with Gasteiger partial charge in [0.05, 0.1) is 10.1 Å². The predicted octanol–water partition coefficient (Wildman–Crippen LogP) is 5.59. The fourth-order valence-corrected chi connectivity index (χ4v) is 5.76. The van der Waals surface area contributed by atoms with Crippen LogP contribution in [0.15, 0.2) is 56.6 Å². The van der Waals surface area contributed by atoms with Crippen molar-refractivity contribution in [1.82, 2.24) is 0 Å². The molecule has 1 aromatic heterocycles. The Morgan fingerprint density at radius 1 is 1.04 bits per heavy atom. The average Bonchev–Trinajstić information content (AvgIpc) is 2.94. The molecule has 0 saturated heterocycles. The Hall–Kier alpha value is -1.53. The summed E-state index contributed by atoms with van der Waals surface area (Å²) in [4.78, 5) is 13.0. The van der Waals surface area contributed by atoms with Crippen LogP contribution < -0.4 is 5.43 Å². The van der Waals surface area contributed by atoms with E-state index in [1.165, 1.54) is 23.1 Å². The van der Waals surface area contributed by atoms with Crippen LogP contribution in [0, 0.1) is 0 Å². The topological polar surface area (TPSA) is 49.7 Å². The number of rotatable bonds is 1. The zero-order valence-corrected chi connectivity index (χ0v) is 15.1. The molecule has 7 heteroatoms. The van der Waals surface area contributed by atoms with Crippen LogP contribution in [0.25, 0.3) is 10.1 Å². The lowest BCUT2D eigenvalue weighted by atomic mass is 9.93. The number of fused-ring (bicyclic) bond motifs is 2. The van der Waals surface area contributed by atoms with Crippen molar-refractivity contribution in [2.24, 2.45) is 5.16 Å². The van der Waals surface area contributed by atoms with Crippen molar-refractivity contribution in [3.05, 3.63) is 73.9 Å². The van der Waals surface area contributed by atoms with E-state index in [1.807, 2.05) is 12.1 Å². The van der Waals surface area contributed by atoms with Crippen molar-refractivity contribution in [1.29, 1.82) is 0 Å². The Morgan fingerprint density at radius 2 is 1.75 bits per heavy atom. The van der Waals surface area contributed by atoms with E-state index in [0.717, 1.165) is 14.5 Å². The lowest BCUT2D eigenvalue weighted by Gasteiger charge is -2.11. The van der Waals surface area contributed by atoms with E-state index in [9.17, 15) is 10.0 Å². The molecule has 1 atom stereocenters. The molecule has 0 aliphatic carbocycles. The maximum Gasteiger partial charge on any atom is 0.193 e. The van der Waals surface area contributed by atoms with Gasteiger partial charge in [-0.1, -0.05) is 52.3 Å². The summed E-state index contributed by atoms with van der Waals surface area (Å²) in [5, 5.41) is 15.2. The van der Waals surface area contributed by atoms with Crippen LogP contribution in [0.4, 0.5) is 0 Å². The Balaban J connectivity index is 2.00. The zero-order valence-electron chi connectivity index (χ0n) is 12.0. The highest BCUT2D eigenvalue weighted by molar-refractivity contribution is 8.16. The van der Waals surface area contributed by atoms with Crippen LogP contribution >= 0.6 is 46.3 Å². The molecule has 0 fully saturated rings. The molecule has 24 heavy (non-hydrogen) atoms. The zero-order chi connectivity index (χ0) is 16.8. The highest BCUT2D eigenvalue weighted by atomic mass is 35.5. The van der Waals surface area contributed by atoms with Crippen LogP contribution in [-0.2, 0) is 0 Å². The van der Waals surface area contributed by atoms with Gasteiger partial charge in [-0.3, -0.25) is 4.79 Å². The van der Waals surface area contributed by atoms with Crippen molar-refractivity contribution in [2.45, 2.75) is 10.1 Å². The third-order valence-corrected chi connectivity index (χ3v) is 6.77. The fraction of sp³-hybridized carbons (Fsp3) is 0.0588. The summed E-state index contributed by atoms with van der Waals surface area (Å²) >= 11 is 14.8. The van der Waals surface area contributed by atoms with E-state index >= 15 is 0 Å². The van der Waals surface area contributed by atoms with E-state index in [2.05, 4.69) is 5.16 Å². The van der Waals surface area contributed by atoms with Crippen LogP contribution in [0.3, 0.4) is 0 Å². The first kappa shape index (κ1) is 16.0. The Labute approximate surface area is 155 Å². The normalized spacial score (nSPS) is 18.2. The van der Waals surface area contributed by atoms with E-state index in [-0.39, 0.29) is 11.3 Å². The molecule has 4 rings (SSSR count). The monoisotopic (exact) mass is 393 g/mol. The highest BCUT2D eigenvalue weighted by Crippen LogP contribution is 2.47. The molecule has 2 aromatic carbocycles. The molecule has 0 radical (unpaired) electrons. The van der Waals surface area contributed by atoms with Gasteiger partial charge in [0.2, 0.25) is 0 Å². The SMILES string of the molecule is O=c1c2c(sc3cc(Cl)ccc13)S/C(=N\O)[C@@H]2c1ccc(Cl)cc1. The van der Waals surface area contributed by atoms with Gasteiger partial charge in [-0.05, 0) is 35.9 Å². The van der Waals surface area contributed by atoms with Gasteiger partial charge in [0.1, 0.15) is 5.04 Å². The largest absolute Gasteiger partial charge is 0.410 e. The molecule has 3 nitrogen and oxygen atoms in total. The second kappa shape index (κ2) is 6.08. The van der Waals surface area contributed by atoms with Gasteiger partial charge in [-0.15, -0.1) is 11.3 Å². The van der Waals surface area contributed by atoms with Crippen molar-refractivity contribution in [3.8, 4) is 0 Å². The summed E-state index contributed by atoms with van der Waals surface area (Å²) in [6, 6.07) is 12.5. The van der Waals surface area contributed by atoms with E-state index in [1.54, 1.807) is 30.3 Å². The second-order valence-electron chi connectivity index (χ2n) is 5.30. The molecule has 120 valence electrons. The highest BCUT2D eigenvalue weighted by Gasteiger charge is 2.35. The third kappa shape index (κ3) is 2.52. The summed E-state index contributed by atoms with van der Waals surface area (Å²) in [5.74, 6) is -0.379. The third-order valence-electron chi connectivity index (χ3n) is 3.89. The molecule has 0 spiro atoms. The number of hydrogen-bond donors (Lipinski definition) is 1. The van der Waals surface area contributed by atoms with Crippen molar-refractivity contribution < 1.29 is 5.21 Å². The molecule has 1 aliphatic rings. The number of hydrogen-bond acceptors (Lipinski definition) is 5. The van der Waals surface area contributed by atoms with Crippen LogP contribution in [0.1, 0.15) is 17.0 Å². The minimum Gasteiger partial charge on any atom is -0.410 e. The second-order valence-corrected chi connectivity index (χ2v) is 8.51. The summed E-state index contributed by atoms with van der Waals surface area (Å²) in [7, 11) is 0. The van der Waals surface area contributed by atoms with E-state index in [4.69, 9.17) is 23.2 Å². The van der Waals surface area contributed by atoms with E-state index in [0.29, 0.717) is 26.0 Å². The summed E-state index contributed by atoms with van der Waals surface area (Å²) in [5.41, 5.74) is 1.47. The fourth-order valence-electron chi connectivity index (χ4n) is 2.81. The molecule has 1 N–H and O–H groups in total. The van der Waals surface area contributed by atoms with Crippen LogP contribution in [-0.4, -0.2) is 10.3 Å². The first-order valence-corrected chi connectivity index (χ1v) is 9.39. The standard InChI is InChI=1S/C17H9Cl2NO2S2/c18-9-3-1-8(2-4-9)13-14-15(21)11-6-5-10(19)7-12(11)23-17(14)24-16(13)20-22/h1-7,13,22H/b20-16-/t13-/m1/s1. The molecule has 2 heterocycles. The quantitative estimate of drug-likeness (QED) is 0.432. The van der Waals surface area contributed by atoms with Crippen LogP contribution in [0.5, 0.6) is 0 Å². The van der Waals surface area contributed by atoms with Crippen LogP contribution in [0.2, 0.25) is 10.0 Å². The average molecular weight is 394 g/mol. The minimum atomic E-state index is -0.379. The summed E-state index contributed by atoms with van der Waals surface area (Å²) in [6.45, 7) is 0. The summed E-state index contributed by atoms with van der Waals surface area (Å²) in [6.07, 6.45) is 0. The Bertz CT molecular complexity index is 1040. The van der Waals surface area contributed by atoms with E-state index < -0.39 is 0 Å². The van der Waals surface area contributed by atoms with Crippen molar-refractivity contribution in [3.63, 3.8) is 0 Å². The molecule has 1 aliphatic heterocycles. The lowest BCUT2D eigenvalue weighted by molar-refractivity contribution is 0.319. The molecular formula is C17H9Cl2NO2S2. The number of nitrogens with zero attached hydrogens (tertiary/aromatic N) is 1. The van der Waals surface area contributed by atoms with Gasteiger partial charge < -0.3 is 5.21 Å². The van der Waals surface area contributed by atoms with Gasteiger partial charge in [-0.2, -0.15) is 0 Å². The number of benzene rings is 2. The first-order chi connectivity index (χ1) is 11.6. The first-order valence-electron chi connectivity index (χ1n) is 7.00. The molecule has 0 saturated carbocycles. The maximum atomic E-state index is 13.0. The minimum absolute atomic E-state index is 0.0542. The maximum absolute atomic E-state index is 13.0. The Kier molecular flexibility index (Phi) is 4.04.